The molecule has 1 amide bonds. The SMILES string of the molecule is C[C@H]1COc2ccc(-c3n[nH]c(=O)o3)cc2N(C)C1=O. The fourth-order valence-electron chi connectivity index (χ4n) is 2.12. The van der Waals surface area contributed by atoms with E-state index < -0.39 is 5.76 Å². The zero-order valence-corrected chi connectivity index (χ0v) is 11.0. The molecule has 7 heteroatoms. The van der Waals surface area contributed by atoms with E-state index in [9.17, 15) is 9.59 Å². The Bertz CT molecular complexity index is 718. The van der Waals surface area contributed by atoms with Crippen LogP contribution in [0.25, 0.3) is 11.5 Å². The number of fused-ring (bicyclic) bond motifs is 1. The lowest BCUT2D eigenvalue weighted by atomic mass is 10.1. The van der Waals surface area contributed by atoms with Crippen LogP contribution in [0.3, 0.4) is 0 Å². The average Bonchev–Trinajstić information content (AvgIpc) is 2.85. The standard InChI is InChI=1S/C13H13N3O4/c1-7-6-19-10-4-3-8(11-14-15-13(18)20-11)5-9(10)16(2)12(7)17/h3-5,7H,6H2,1-2H3,(H,15,18)/t7-/m0/s1. The van der Waals surface area contributed by atoms with Crippen molar-refractivity contribution in [2.75, 3.05) is 18.6 Å². The Hall–Kier alpha value is -2.57. The minimum absolute atomic E-state index is 0.0237. The Balaban J connectivity index is 2.08. The lowest BCUT2D eigenvalue weighted by molar-refractivity contribution is -0.122. The van der Waals surface area contributed by atoms with Gasteiger partial charge in [0.05, 0.1) is 18.2 Å². The van der Waals surface area contributed by atoms with Gasteiger partial charge in [-0.1, -0.05) is 6.92 Å². The van der Waals surface area contributed by atoms with Crippen molar-refractivity contribution in [3.63, 3.8) is 0 Å². The number of H-pyrrole nitrogens is 1. The minimum atomic E-state index is -0.621. The second-order valence-electron chi connectivity index (χ2n) is 4.71. The van der Waals surface area contributed by atoms with Gasteiger partial charge in [0.25, 0.3) is 0 Å². The maximum absolute atomic E-state index is 12.1. The molecule has 1 N–H and O–H groups in total. The van der Waals surface area contributed by atoms with E-state index in [4.69, 9.17) is 9.15 Å². The molecule has 0 unspecified atom stereocenters. The van der Waals surface area contributed by atoms with Crippen molar-refractivity contribution < 1.29 is 13.9 Å². The first-order chi connectivity index (χ1) is 9.56. The van der Waals surface area contributed by atoms with E-state index in [1.54, 1.807) is 30.1 Å². The molecule has 0 spiro atoms. The van der Waals surface area contributed by atoms with Crippen molar-refractivity contribution in [1.29, 1.82) is 0 Å². The Kier molecular flexibility index (Phi) is 2.81. The van der Waals surface area contributed by atoms with Gasteiger partial charge in [0.15, 0.2) is 0 Å². The van der Waals surface area contributed by atoms with Crippen molar-refractivity contribution in [1.82, 2.24) is 10.2 Å². The third-order valence-electron chi connectivity index (χ3n) is 3.25. The molecule has 0 radical (unpaired) electrons. The molecule has 104 valence electrons. The first-order valence-electron chi connectivity index (χ1n) is 6.16. The second-order valence-corrected chi connectivity index (χ2v) is 4.71. The van der Waals surface area contributed by atoms with E-state index in [-0.39, 0.29) is 17.7 Å². The van der Waals surface area contributed by atoms with Crippen LogP contribution in [0, 0.1) is 5.92 Å². The summed E-state index contributed by atoms with van der Waals surface area (Å²) in [7, 11) is 1.69. The number of carbonyl (C=O) groups excluding carboxylic acids is 1. The van der Waals surface area contributed by atoms with Crippen LogP contribution in [0.2, 0.25) is 0 Å². The Morgan fingerprint density at radius 3 is 2.90 bits per heavy atom. The van der Waals surface area contributed by atoms with E-state index in [0.29, 0.717) is 23.6 Å². The molecule has 1 aromatic heterocycles. The van der Waals surface area contributed by atoms with Crippen LogP contribution in [0.1, 0.15) is 6.92 Å². The van der Waals surface area contributed by atoms with E-state index in [0.717, 1.165) is 0 Å². The quantitative estimate of drug-likeness (QED) is 0.839. The number of carbonyl (C=O) groups is 1. The van der Waals surface area contributed by atoms with Crippen LogP contribution in [0.15, 0.2) is 27.4 Å². The van der Waals surface area contributed by atoms with E-state index in [2.05, 4.69) is 10.2 Å². The number of rotatable bonds is 1. The lowest BCUT2D eigenvalue weighted by Gasteiger charge is -2.18. The van der Waals surface area contributed by atoms with Gasteiger partial charge in [-0.2, -0.15) is 0 Å². The maximum Gasteiger partial charge on any atom is 0.434 e. The maximum atomic E-state index is 12.1. The van der Waals surface area contributed by atoms with Crippen molar-refractivity contribution in [2.24, 2.45) is 5.92 Å². The summed E-state index contributed by atoms with van der Waals surface area (Å²) in [6.07, 6.45) is 0. The van der Waals surface area contributed by atoms with Gasteiger partial charge in [-0.25, -0.2) is 9.89 Å². The summed E-state index contributed by atoms with van der Waals surface area (Å²) in [6.45, 7) is 2.16. The number of hydrogen-bond donors (Lipinski definition) is 1. The summed E-state index contributed by atoms with van der Waals surface area (Å²) < 4.78 is 10.5. The Morgan fingerprint density at radius 1 is 1.40 bits per heavy atom. The molecule has 20 heavy (non-hydrogen) atoms. The first kappa shape index (κ1) is 12.5. The number of nitrogens with one attached hydrogen (secondary N) is 1. The highest BCUT2D eigenvalue weighted by Gasteiger charge is 2.26. The second kappa shape index (κ2) is 4.52. The molecule has 1 aromatic carbocycles. The van der Waals surface area contributed by atoms with Gasteiger partial charge in [-0.05, 0) is 18.2 Å². The van der Waals surface area contributed by atoms with Crippen molar-refractivity contribution >= 4 is 11.6 Å². The molecule has 1 aliphatic rings. The smallest absolute Gasteiger partial charge is 0.434 e. The highest BCUT2D eigenvalue weighted by molar-refractivity contribution is 5.97. The molecule has 3 rings (SSSR count). The number of ether oxygens (including phenoxy) is 1. The summed E-state index contributed by atoms with van der Waals surface area (Å²) in [6, 6.07) is 5.18. The van der Waals surface area contributed by atoms with Gasteiger partial charge in [0.2, 0.25) is 11.8 Å². The number of anilines is 1. The van der Waals surface area contributed by atoms with Crippen LogP contribution in [0.5, 0.6) is 5.75 Å². The lowest BCUT2D eigenvalue weighted by Crippen LogP contribution is -2.31. The topological polar surface area (TPSA) is 88.4 Å². The van der Waals surface area contributed by atoms with Gasteiger partial charge in [0, 0.05) is 12.6 Å². The monoisotopic (exact) mass is 275 g/mol. The van der Waals surface area contributed by atoms with Crippen LogP contribution < -0.4 is 15.4 Å². The Morgan fingerprint density at radius 2 is 2.20 bits per heavy atom. The third-order valence-corrected chi connectivity index (χ3v) is 3.25. The molecule has 0 saturated heterocycles. The fraction of sp³-hybridized carbons (Fsp3) is 0.308. The summed E-state index contributed by atoms with van der Waals surface area (Å²) in [5.74, 6) is -0.0597. The van der Waals surface area contributed by atoms with E-state index in [1.807, 2.05) is 6.92 Å². The predicted molar refractivity (Wildman–Crippen MR) is 70.6 cm³/mol. The molecule has 0 aliphatic carbocycles. The molecule has 0 bridgehead atoms. The fourth-order valence-corrected chi connectivity index (χ4v) is 2.12. The summed E-state index contributed by atoms with van der Waals surface area (Å²) >= 11 is 0. The summed E-state index contributed by atoms with van der Waals surface area (Å²) in [5, 5.41) is 5.97. The number of amides is 1. The molecule has 0 saturated carbocycles. The number of aromatic nitrogens is 2. The number of aromatic amines is 1. The van der Waals surface area contributed by atoms with Gasteiger partial charge in [-0.15, -0.1) is 5.10 Å². The van der Waals surface area contributed by atoms with Crippen molar-refractivity contribution in [3.8, 4) is 17.2 Å². The highest BCUT2D eigenvalue weighted by Crippen LogP contribution is 2.34. The molecule has 7 nitrogen and oxygen atoms in total. The van der Waals surface area contributed by atoms with Crippen molar-refractivity contribution in [2.45, 2.75) is 6.92 Å². The van der Waals surface area contributed by atoms with Gasteiger partial charge in [-0.3, -0.25) is 4.79 Å². The van der Waals surface area contributed by atoms with Gasteiger partial charge >= 0.3 is 5.76 Å². The summed E-state index contributed by atoms with van der Waals surface area (Å²) in [4.78, 5) is 24.6. The molecular weight excluding hydrogens is 262 g/mol. The number of hydrogen-bond acceptors (Lipinski definition) is 5. The number of nitrogens with zero attached hydrogens (tertiary/aromatic N) is 2. The number of benzene rings is 1. The zero-order valence-electron chi connectivity index (χ0n) is 11.0. The molecule has 2 heterocycles. The van der Waals surface area contributed by atoms with Crippen LogP contribution in [-0.4, -0.2) is 29.8 Å². The first-order valence-corrected chi connectivity index (χ1v) is 6.16. The molecule has 1 aliphatic heterocycles. The largest absolute Gasteiger partial charge is 0.491 e. The summed E-state index contributed by atoms with van der Waals surface area (Å²) in [5.41, 5.74) is 1.22. The Labute approximate surface area is 114 Å². The van der Waals surface area contributed by atoms with Crippen LogP contribution >= 0.6 is 0 Å². The third kappa shape index (κ3) is 1.97. The molecule has 1 atom stereocenters. The molecule has 2 aromatic rings. The average molecular weight is 275 g/mol. The normalized spacial score (nSPS) is 18.4. The van der Waals surface area contributed by atoms with Crippen molar-refractivity contribution in [3.05, 3.63) is 28.7 Å². The molecular formula is C13H13N3O4. The molecule has 0 fully saturated rings. The highest BCUT2D eigenvalue weighted by atomic mass is 16.5. The van der Waals surface area contributed by atoms with Gasteiger partial charge in [0.1, 0.15) is 5.75 Å². The van der Waals surface area contributed by atoms with Gasteiger partial charge < -0.3 is 14.1 Å². The van der Waals surface area contributed by atoms with Crippen LogP contribution in [-0.2, 0) is 4.79 Å². The van der Waals surface area contributed by atoms with Crippen LogP contribution in [0.4, 0.5) is 5.69 Å². The van der Waals surface area contributed by atoms with E-state index >= 15 is 0 Å². The zero-order chi connectivity index (χ0) is 14.3. The minimum Gasteiger partial charge on any atom is -0.491 e. The predicted octanol–water partition coefficient (Wildman–Crippen LogP) is 1.02. The van der Waals surface area contributed by atoms with E-state index in [1.165, 1.54) is 0 Å².